The van der Waals surface area contributed by atoms with Crippen molar-refractivity contribution < 1.29 is 19.1 Å². The Morgan fingerprint density at radius 1 is 1.38 bits per heavy atom. The summed E-state index contributed by atoms with van der Waals surface area (Å²) in [5.41, 5.74) is 8.11. The molecule has 0 spiro atoms. The van der Waals surface area contributed by atoms with Gasteiger partial charge in [-0.15, -0.1) is 0 Å². The molecule has 5 heteroatoms. The molecule has 0 fully saturated rings. The highest BCUT2D eigenvalue weighted by molar-refractivity contribution is 5.86. The van der Waals surface area contributed by atoms with Crippen LogP contribution >= 0.6 is 0 Å². The standard InChI is InChI=1S/C21H23NO4/c1-13(11-16(25-2)7-9-20(22)24)10-14-4-3-5-19-21(14)17-12-15(23)6-8-18(17)26-19/h6-12,14,23H,3-5H2,1-2H3,(H2,22,24)/b9-7+,13-10+,16-11-. The third kappa shape index (κ3) is 3.82. The van der Waals surface area contributed by atoms with Gasteiger partial charge in [0.25, 0.3) is 0 Å². The third-order valence-electron chi connectivity index (χ3n) is 4.56. The van der Waals surface area contributed by atoms with E-state index in [9.17, 15) is 9.90 Å². The van der Waals surface area contributed by atoms with Crippen LogP contribution in [0.15, 0.2) is 58.3 Å². The zero-order valence-electron chi connectivity index (χ0n) is 15.0. The number of furan rings is 1. The molecule has 1 atom stereocenters. The SMILES string of the molecule is COC(=C\C(C)=C\C1CCCc2oc3ccc(O)cc3c21)/C=C/C(N)=O. The van der Waals surface area contributed by atoms with Crippen molar-refractivity contribution in [2.75, 3.05) is 7.11 Å². The van der Waals surface area contributed by atoms with Crippen LogP contribution in [0.25, 0.3) is 11.0 Å². The summed E-state index contributed by atoms with van der Waals surface area (Å²) < 4.78 is 11.3. The van der Waals surface area contributed by atoms with Crippen LogP contribution in [0.1, 0.15) is 37.0 Å². The molecule has 1 aromatic carbocycles. The number of aryl methyl sites for hydroxylation is 1. The van der Waals surface area contributed by atoms with E-state index in [4.69, 9.17) is 14.9 Å². The van der Waals surface area contributed by atoms with Crippen LogP contribution in [-0.4, -0.2) is 18.1 Å². The van der Waals surface area contributed by atoms with Gasteiger partial charge in [-0.3, -0.25) is 4.79 Å². The van der Waals surface area contributed by atoms with Crippen LogP contribution in [0.3, 0.4) is 0 Å². The fraction of sp³-hybridized carbons (Fsp3) is 0.286. The van der Waals surface area contributed by atoms with Crippen molar-refractivity contribution in [2.24, 2.45) is 5.73 Å². The minimum Gasteiger partial charge on any atom is -0.508 e. The quantitative estimate of drug-likeness (QED) is 0.482. The van der Waals surface area contributed by atoms with Gasteiger partial charge in [0, 0.05) is 29.4 Å². The summed E-state index contributed by atoms with van der Waals surface area (Å²) in [4.78, 5) is 10.9. The molecule has 5 nitrogen and oxygen atoms in total. The number of primary amides is 1. The molecule has 0 radical (unpaired) electrons. The van der Waals surface area contributed by atoms with E-state index >= 15 is 0 Å². The first-order valence-corrected chi connectivity index (χ1v) is 8.64. The molecule has 3 N–H and O–H groups in total. The van der Waals surface area contributed by atoms with Crippen LogP contribution in [0.2, 0.25) is 0 Å². The number of hydrogen-bond acceptors (Lipinski definition) is 4. The molecule has 1 heterocycles. The Labute approximate surface area is 152 Å². The molecule has 0 bridgehead atoms. The number of allylic oxidation sites excluding steroid dienone is 4. The van der Waals surface area contributed by atoms with E-state index in [0.29, 0.717) is 5.76 Å². The number of amides is 1. The average molecular weight is 353 g/mol. The molecule has 0 aliphatic heterocycles. The highest BCUT2D eigenvalue weighted by Gasteiger charge is 2.25. The summed E-state index contributed by atoms with van der Waals surface area (Å²) in [7, 11) is 1.55. The molecule has 3 rings (SSSR count). The number of fused-ring (bicyclic) bond motifs is 3. The number of benzene rings is 1. The second-order valence-electron chi connectivity index (χ2n) is 6.52. The topological polar surface area (TPSA) is 85.7 Å². The molecule has 0 saturated carbocycles. The summed E-state index contributed by atoms with van der Waals surface area (Å²) in [5, 5.41) is 10.8. The predicted octanol–water partition coefficient (Wildman–Crippen LogP) is 4.08. The maximum Gasteiger partial charge on any atom is 0.241 e. The summed E-state index contributed by atoms with van der Waals surface area (Å²) in [6.45, 7) is 1.99. The number of carbonyl (C=O) groups is 1. The fourth-order valence-electron chi connectivity index (χ4n) is 3.47. The van der Waals surface area contributed by atoms with E-state index in [-0.39, 0.29) is 11.7 Å². The highest BCUT2D eigenvalue weighted by Crippen LogP contribution is 2.41. The number of hydrogen-bond donors (Lipinski definition) is 2. The van der Waals surface area contributed by atoms with E-state index < -0.39 is 5.91 Å². The van der Waals surface area contributed by atoms with Crippen molar-refractivity contribution in [3.05, 3.63) is 65.2 Å². The third-order valence-corrected chi connectivity index (χ3v) is 4.56. The monoisotopic (exact) mass is 353 g/mol. The first-order valence-electron chi connectivity index (χ1n) is 8.64. The Bertz CT molecular complexity index is 917. The number of nitrogens with two attached hydrogens (primary N) is 1. The Hall–Kier alpha value is -2.95. The molecule has 136 valence electrons. The lowest BCUT2D eigenvalue weighted by atomic mass is 9.84. The number of ether oxygens (including phenoxy) is 1. The minimum absolute atomic E-state index is 0.205. The summed E-state index contributed by atoms with van der Waals surface area (Å²) >= 11 is 0. The lowest BCUT2D eigenvalue weighted by molar-refractivity contribution is -0.113. The lowest BCUT2D eigenvalue weighted by Gasteiger charge is -2.19. The average Bonchev–Trinajstić information content (AvgIpc) is 2.97. The first-order chi connectivity index (χ1) is 12.5. The number of rotatable bonds is 5. The molecule has 1 aliphatic carbocycles. The van der Waals surface area contributed by atoms with E-state index in [1.165, 1.54) is 6.08 Å². The molecule has 1 amide bonds. The maximum absolute atomic E-state index is 10.9. The number of phenolic OH excluding ortho intramolecular Hbond substituents is 1. The van der Waals surface area contributed by atoms with Crippen LogP contribution in [0.4, 0.5) is 0 Å². The van der Waals surface area contributed by atoms with Crippen LogP contribution in [0.5, 0.6) is 5.75 Å². The summed E-state index contributed by atoms with van der Waals surface area (Å²) in [6, 6.07) is 5.23. The van der Waals surface area contributed by atoms with Gasteiger partial charge in [0.15, 0.2) is 0 Å². The number of phenols is 1. The van der Waals surface area contributed by atoms with Crippen molar-refractivity contribution in [3.63, 3.8) is 0 Å². The number of methoxy groups -OCH3 is 1. The Kier molecular flexibility index (Phi) is 5.16. The zero-order valence-corrected chi connectivity index (χ0v) is 15.0. The lowest BCUT2D eigenvalue weighted by Crippen LogP contribution is -2.06. The van der Waals surface area contributed by atoms with E-state index in [1.54, 1.807) is 25.3 Å². The normalized spacial score (nSPS) is 18.3. The largest absolute Gasteiger partial charge is 0.508 e. The maximum atomic E-state index is 10.9. The Morgan fingerprint density at radius 2 is 2.19 bits per heavy atom. The molecular weight excluding hydrogens is 330 g/mol. The van der Waals surface area contributed by atoms with Gasteiger partial charge in [0.2, 0.25) is 5.91 Å². The smallest absolute Gasteiger partial charge is 0.241 e. The highest BCUT2D eigenvalue weighted by atomic mass is 16.5. The van der Waals surface area contributed by atoms with Crippen molar-refractivity contribution >= 4 is 16.9 Å². The number of aromatic hydroxyl groups is 1. The molecule has 26 heavy (non-hydrogen) atoms. The Balaban J connectivity index is 1.96. The van der Waals surface area contributed by atoms with Gasteiger partial charge in [0.05, 0.1) is 7.11 Å². The Morgan fingerprint density at radius 3 is 2.92 bits per heavy atom. The minimum atomic E-state index is -0.517. The zero-order chi connectivity index (χ0) is 18.7. The van der Waals surface area contributed by atoms with Crippen LogP contribution in [-0.2, 0) is 16.0 Å². The van der Waals surface area contributed by atoms with Crippen LogP contribution in [0, 0.1) is 0 Å². The molecule has 1 unspecified atom stereocenters. The summed E-state index contributed by atoms with van der Waals surface area (Å²) in [6.07, 6.45) is 9.85. The second-order valence-corrected chi connectivity index (χ2v) is 6.52. The van der Waals surface area contributed by atoms with E-state index in [0.717, 1.165) is 47.1 Å². The van der Waals surface area contributed by atoms with Gasteiger partial charge in [-0.25, -0.2) is 0 Å². The second kappa shape index (κ2) is 7.52. The molecule has 2 aromatic rings. The fourth-order valence-corrected chi connectivity index (χ4v) is 3.47. The molecular formula is C21H23NO4. The van der Waals surface area contributed by atoms with Gasteiger partial charge < -0.3 is 20.0 Å². The predicted molar refractivity (Wildman–Crippen MR) is 101 cm³/mol. The van der Waals surface area contributed by atoms with Gasteiger partial charge >= 0.3 is 0 Å². The van der Waals surface area contributed by atoms with Gasteiger partial charge in [-0.1, -0.05) is 11.6 Å². The van der Waals surface area contributed by atoms with E-state index in [1.807, 2.05) is 19.1 Å². The van der Waals surface area contributed by atoms with E-state index in [2.05, 4.69) is 6.08 Å². The molecule has 1 aromatic heterocycles. The first kappa shape index (κ1) is 17.9. The van der Waals surface area contributed by atoms with Crippen molar-refractivity contribution in [1.82, 2.24) is 0 Å². The number of carbonyl (C=O) groups excluding carboxylic acids is 1. The van der Waals surface area contributed by atoms with Crippen molar-refractivity contribution in [1.29, 1.82) is 0 Å². The molecule has 0 saturated heterocycles. The molecule has 1 aliphatic rings. The van der Waals surface area contributed by atoms with Crippen LogP contribution < -0.4 is 5.73 Å². The summed E-state index contributed by atoms with van der Waals surface area (Å²) in [5.74, 6) is 1.48. The van der Waals surface area contributed by atoms with Gasteiger partial charge in [0.1, 0.15) is 22.9 Å². The van der Waals surface area contributed by atoms with Gasteiger partial charge in [-0.05, 0) is 50.1 Å². The van der Waals surface area contributed by atoms with Gasteiger partial charge in [-0.2, -0.15) is 0 Å². The van der Waals surface area contributed by atoms with Crippen molar-refractivity contribution in [2.45, 2.75) is 32.1 Å². The van der Waals surface area contributed by atoms with Crippen molar-refractivity contribution in [3.8, 4) is 5.75 Å².